The SMILES string of the molecule is C=CCN1C(=O)[C@@H](CC(=O)Nc2ccc(Br)cc2)SC1=Nc1ccc(O)cc1. The molecule has 2 aromatic rings. The summed E-state index contributed by atoms with van der Waals surface area (Å²) in [5.41, 5.74) is 1.28. The van der Waals surface area contributed by atoms with Crippen LogP contribution in [0.4, 0.5) is 11.4 Å². The van der Waals surface area contributed by atoms with Gasteiger partial charge in [0.2, 0.25) is 11.8 Å². The molecule has 3 rings (SSSR count). The maximum Gasteiger partial charge on any atom is 0.242 e. The lowest BCUT2D eigenvalue weighted by Gasteiger charge is -2.13. The summed E-state index contributed by atoms with van der Waals surface area (Å²) in [4.78, 5) is 31.1. The second-order valence-electron chi connectivity index (χ2n) is 6.01. The highest BCUT2D eigenvalue weighted by atomic mass is 79.9. The molecular formula is C20H18BrN3O3S. The number of carbonyl (C=O) groups excluding carboxylic acids is 2. The van der Waals surface area contributed by atoms with Crippen molar-refractivity contribution in [3.8, 4) is 5.75 Å². The van der Waals surface area contributed by atoms with Crippen LogP contribution >= 0.6 is 27.7 Å². The molecule has 0 radical (unpaired) electrons. The fraction of sp³-hybridized carbons (Fsp3) is 0.150. The predicted octanol–water partition coefficient (Wildman–Crippen LogP) is 4.30. The van der Waals surface area contributed by atoms with Crippen molar-refractivity contribution in [2.24, 2.45) is 4.99 Å². The Balaban J connectivity index is 1.72. The largest absolute Gasteiger partial charge is 0.508 e. The van der Waals surface area contributed by atoms with Crippen LogP contribution < -0.4 is 5.32 Å². The number of phenols is 1. The summed E-state index contributed by atoms with van der Waals surface area (Å²) in [6, 6.07) is 13.6. The highest BCUT2D eigenvalue weighted by molar-refractivity contribution is 9.10. The van der Waals surface area contributed by atoms with Crippen LogP contribution in [0.2, 0.25) is 0 Å². The minimum absolute atomic E-state index is 0.0435. The third-order valence-corrected chi connectivity index (χ3v) is 5.61. The van der Waals surface area contributed by atoms with Crippen molar-refractivity contribution in [1.82, 2.24) is 4.90 Å². The van der Waals surface area contributed by atoms with Crippen molar-refractivity contribution < 1.29 is 14.7 Å². The Morgan fingerprint density at radius 2 is 1.93 bits per heavy atom. The number of aromatic hydroxyl groups is 1. The van der Waals surface area contributed by atoms with E-state index in [2.05, 4.69) is 32.8 Å². The Bertz CT molecular complexity index is 913. The van der Waals surface area contributed by atoms with E-state index >= 15 is 0 Å². The van der Waals surface area contributed by atoms with E-state index in [1.165, 1.54) is 28.8 Å². The van der Waals surface area contributed by atoms with Gasteiger partial charge in [-0.2, -0.15) is 0 Å². The lowest BCUT2D eigenvalue weighted by molar-refractivity contribution is -0.127. The number of amidine groups is 1. The molecule has 1 aliphatic rings. The molecule has 8 heteroatoms. The molecule has 1 fully saturated rings. The van der Waals surface area contributed by atoms with E-state index in [1.807, 2.05) is 12.1 Å². The van der Waals surface area contributed by atoms with E-state index in [0.717, 1.165) is 4.47 Å². The minimum atomic E-state index is -0.550. The van der Waals surface area contributed by atoms with Crippen LogP contribution in [0, 0.1) is 0 Å². The van der Waals surface area contributed by atoms with Gasteiger partial charge in [0, 0.05) is 23.1 Å². The van der Waals surface area contributed by atoms with Crippen LogP contribution in [0.15, 0.2) is 70.7 Å². The van der Waals surface area contributed by atoms with Crippen molar-refractivity contribution in [3.63, 3.8) is 0 Å². The zero-order chi connectivity index (χ0) is 20.1. The smallest absolute Gasteiger partial charge is 0.242 e. The number of rotatable bonds is 6. The number of phenolic OH excluding ortho intramolecular Hbond substituents is 1. The summed E-state index contributed by atoms with van der Waals surface area (Å²) in [5.74, 6) is -0.268. The molecule has 28 heavy (non-hydrogen) atoms. The van der Waals surface area contributed by atoms with Gasteiger partial charge >= 0.3 is 0 Å². The van der Waals surface area contributed by atoms with E-state index in [1.54, 1.807) is 30.3 Å². The van der Waals surface area contributed by atoms with E-state index < -0.39 is 5.25 Å². The van der Waals surface area contributed by atoms with Crippen molar-refractivity contribution in [3.05, 3.63) is 65.7 Å². The number of hydrogen-bond acceptors (Lipinski definition) is 5. The fourth-order valence-electron chi connectivity index (χ4n) is 2.57. The third-order valence-electron chi connectivity index (χ3n) is 3.90. The van der Waals surface area contributed by atoms with Gasteiger partial charge in [0.15, 0.2) is 5.17 Å². The molecule has 6 nitrogen and oxygen atoms in total. The predicted molar refractivity (Wildman–Crippen MR) is 116 cm³/mol. The van der Waals surface area contributed by atoms with Gasteiger partial charge in [0.1, 0.15) is 11.0 Å². The molecule has 1 saturated heterocycles. The molecule has 0 unspecified atom stereocenters. The minimum Gasteiger partial charge on any atom is -0.508 e. The Kier molecular flexibility index (Phi) is 6.53. The zero-order valence-electron chi connectivity index (χ0n) is 14.8. The maximum absolute atomic E-state index is 12.7. The summed E-state index contributed by atoms with van der Waals surface area (Å²) in [6.45, 7) is 4.00. The number of nitrogens with zero attached hydrogens (tertiary/aromatic N) is 2. The lowest BCUT2D eigenvalue weighted by Crippen LogP contribution is -2.33. The van der Waals surface area contributed by atoms with E-state index in [0.29, 0.717) is 23.1 Å². The van der Waals surface area contributed by atoms with Gasteiger partial charge in [-0.15, -0.1) is 6.58 Å². The van der Waals surface area contributed by atoms with Gasteiger partial charge in [0.05, 0.1) is 5.69 Å². The Morgan fingerprint density at radius 1 is 1.25 bits per heavy atom. The van der Waals surface area contributed by atoms with Crippen LogP contribution in [0.1, 0.15) is 6.42 Å². The van der Waals surface area contributed by atoms with Crippen molar-refractivity contribution in [1.29, 1.82) is 0 Å². The van der Waals surface area contributed by atoms with Gasteiger partial charge in [-0.3, -0.25) is 14.5 Å². The molecule has 1 atom stereocenters. The Labute approximate surface area is 175 Å². The van der Waals surface area contributed by atoms with Gasteiger partial charge < -0.3 is 10.4 Å². The highest BCUT2D eigenvalue weighted by Crippen LogP contribution is 2.32. The first-order chi connectivity index (χ1) is 13.5. The van der Waals surface area contributed by atoms with Crippen LogP contribution in [-0.2, 0) is 9.59 Å². The normalized spacial score (nSPS) is 17.8. The summed E-state index contributed by atoms with van der Waals surface area (Å²) in [5, 5.41) is 12.2. The van der Waals surface area contributed by atoms with E-state index in [-0.39, 0.29) is 24.0 Å². The van der Waals surface area contributed by atoms with Crippen molar-refractivity contribution in [2.75, 3.05) is 11.9 Å². The first-order valence-electron chi connectivity index (χ1n) is 8.48. The number of halogens is 1. The average molecular weight is 460 g/mol. The first kappa shape index (κ1) is 20.2. The summed E-state index contributed by atoms with van der Waals surface area (Å²) in [6.07, 6.45) is 1.66. The molecule has 144 valence electrons. The number of nitrogens with one attached hydrogen (secondary N) is 1. The molecule has 0 aromatic heterocycles. The number of carbonyl (C=O) groups is 2. The first-order valence-corrected chi connectivity index (χ1v) is 10.2. The number of hydrogen-bond donors (Lipinski definition) is 2. The Hall–Kier alpha value is -2.58. The summed E-state index contributed by atoms with van der Waals surface area (Å²) < 4.78 is 0.919. The second kappa shape index (κ2) is 9.07. The quantitative estimate of drug-likeness (QED) is 0.630. The van der Waals surface area contributed by atoms with Gasteiger partial charge in [0.25, 0.3) is 0 Å². The molecule has 0 bridgehead atoms. The molecule has 0 saturated carbocycles. The summed E-state index contributed by atoms with van der Waals surface area (Å²) >= 11 is 4.60. The average Bonchev–Trinajstić information content (AvgIpc) is 2.94. The molecule has 2 N–H and O–H groups in total. The van der Waals surface area contributed by atoms with Gasteiger partial charge in [-0.05, 0) is 48.5 Å². The number of amides is 2. The molecule has 0 aliphatic carbocycles. The number of thioether (sulfide) groups is 1. The summed E-state index contributed by atoms with van der Waals surface area (Å²) in [7, 11) is 0. The van der Waals surface area contributed by atoms with E-state index in [9.17, 15) is 14.7 Å². The van der Waals surface area contributed by atoms with Gasteiger partial charge in [-0.1, -0.05) is 33.8 Å². The molecule has 1 aliphatic heterocycles. The molecule has 2 aromatic carbocycles. The zero-order valence-corrected chi connectivity index (χ0v) is 17.2. The second-order valence-corrected chi connectivity index (χ2v) is 8.10. The highest BCUT2D eigenvalue weighted by Gasteiger charge is 2.38. The van der Waals surface area contributed by atoms with Crippen LogP contribution in [0.3, 0.4) is 0 Å². The van der Waals surface area contributed by atoms with Crippen molar-refractivity contribution >= 4 is 56.0 Å². The molecule has 1 heterocycles. The maximum atomic E-state index is 12.7. The molecular weight excluding hydrogens is 442 g/mol. The van der Waals surface area contributed by atoms with Gasteiger partial charge in [-0.25, -0.2) is 4.99 Å². The van der Waals surface area contributed by atoms with E-state index in [4.69, 9.17) is 0 Å². The van der Waals surface area contributed by atoms with Crippen LogP contribution in [0.25, 0.3) is 0 Å². The lowest BCUT2D eigenvalue weighted by atomic mass is 10.2. The van der Waals surface area contributed by atoms with Crippen LogP contribution in [0.5, 0.6) is 5.75 Å². The standard InChI is InChI=1S/C20H18BrN3O3S/c1-2-11-24-19(27)17(12-18(26)22-14-5-3-13(21)4-6-14)28-20(24)23-15-7-9-16(25)10-8-15/h2-10,17,25H,1,11-12H2,(H,22,26)/t17-/m1/s1. The topological polar surface area (TPSA) is 82.0 Å². The molecule has 0 spiro atoms. The monoisotopic (exact) mass is 459 g/mol. The van der Waals surface area contributed by atoms with Crippen LogP contribution in [-0.4, -0.2) is 38.8 Å². The molecule has 2 amide bonds. The third kappa shape index (κ3) is 5.02. The number of anilines is 1. The van der Waals surface area contributed by atoms with Crippen molar-refractivity contribution in [2.45, 2.75) is 11.7 Å². The number of benzene rings is 2. The Morgan fingerprint density at radius 3 is 2.57 bits per heavy atom. The fourth-order valence-corrected chi connectivity index (χ4v) is 4.00. The number of aliphatic imine (C=N–C) groups is 1.